The van der Waals surface area contributed by atoms with Crippen molar-refractivity contribution >= 4 is 11.9 Å². The molecule has 0 fully saturated rings. The van der Waals surface area contributed by atoms with Crippen molar-refractivity contribution in [3.8, 4) is 0 Å². The van der Waals surface area contributed by atoms with Crippen molar-refractivity contribution in [2.75, 3.05) is 6.54 Å². The summed E-state index contributed by atoms with van der Waals surface area (Å²) in [6, 6.07) is 8.33. The average Bonchev–Trinajstić information content (AvgIpc) is 2.60. The van der Waals surface area contributed by atoms with Crippen LogP contribution < -0.4 is 0 Å². The molecule has 136 valence electrons. The Morgan fingerprint density at radius 2 is 1.92 bits per heavy atom. The summed E-state index contributed by atoms with van der Waals surface area (Å²) >= 11 is 0. The van der Waals surface area contributed by atoms with Crippen molar-refractivity contribution < 1.29 is 23.5 Å². The number of carbonyl (C=O) groups excluding carboxylic acids is 1. The summed E-state index contributed by atoms with van der Waals surface area (Å²) in [6.45, 7) is 2.61. The van der Waals surface area contributed by atoms with Crippen molar-refractivity contribution in [2.45, 2.75) is 32.2 Å². The molecule has 0 saturated carbocycles. The quantitative estimate of drug-likeness (QED) is 0.905. The van der Waals surface area contributed by atoms with Crippen LogP contribution in [0.15, 0.2) is 36.4 Å². The highest BCUT2D eigenvalue weighted by Crippen LogP contribution is 2.26. The van der Waals surface area contributed by atoms with Gasteiger partial charge in [-0.25, -0.2) is 13.6 Å². The Morgan fingerprint density at radius 3 is 2.62 bits per heavy atom. The Hall–Kier alpha value is -2.76. The number of halogens is 2. The second-order valence-corrected chi connectivity index (χ2v) is 6.62. The zero-order valence-electron chi connectivity index (χ0n) is 14.3. The van der Waals surface area contributed by atoms with E-state index in [1.165, 1.54) is 12.1 Å². The van der Waals surface area contributed by atoms with Crippen LogP contribution in [0.25, 0.3) is 0 Å². The minimum atomic E-state index is -1.00. The van der Waals surface area contributed by atoms with E-state index in [9.17, 15) is 18.4 Å². The minimum Gasteiger partial charge on any atom is -0.478 e. The molecule has 1 unspecified atom stereocenters. The van der Waals surface area contributed by atoms with Crippen molar-refractivity contribution in [1.29, 1.82) is 0 Å². The first-order chi connectivity index (χ1) is 12.3. The summed E-state index contributed by atoms with van der Waals surface area (Å²) in [7, 11) is 0. The van der Waals surface area contributed by atoms with Gasteiger partial charge >= 0.3 is 5.97 Å². The molecule has 1 amide bonds. The normalized spacial score (nSPS) is 14.7. The highest BCUT2D eigenvalue weighted by molar-refractivity contribution is 5.88. The Labute approximate surface area is 150 Å². The summed E-state index contributed by atoms with van der Waals surface area (Å²) < 4.78 is 26.9. The van der Waals surface area contributed by atoms with Crippen molar-refractivity contribution in [3.05, 3.63) is 70.3 Å². The van der Waals surface area contributed by atoms with Gasteiger partial charge in [-0.1, -0.05) is 19.1 Å². The van der Waals surface area contributed by atoms with E-state index in [1.807, 2.05) is 0 Å². The van der Waals surface area contributed by atoms with Gasteiger partial charge in [-0.2, -0.15) is 0 Å². The van der Waals surface area contributed by atoms with Crippen LogP contribution in [0.2, 0.25) is 0 Å². The van der Waals surface area contributed by atoms with Crippen LogP contribution in [-0.4, -0.2) is 28.4 Å². The molecule has 0 radical (unpaired) electrons. The molecule has 1 atom stereocenters. The van der Waals surface area contributed by atoms with E-state index in [-0.39, 0.29) is 23.8 Å². The number of carboxylic acids is 1. The molecule has 6 heteroatoms. The Balaban J connectivity index is 1.71. The van der Waals surface area contributed by atoms with Gasteiger partial charge in [0.25, 0.3) is 0 Å². The largest absolute Gasteiger partial charge is 0.478 e. The van der Waals surface area contributed by atoms with Crippen LogP contribution in [-0.2, 0) is 17.8 Å². The minimum absolute atomic E-state index is 0.108. The number of rotatable bonds is 4. The van der Waals surface area contributed by atoms with Crippen LogP contribution in [0.5, 0.6) is 0 Å². The Bertz CT molecular complexity index is 866. The van der Waals surface area contributed by atoms with Crippen LogP contribution in [0, 0.1) is 11.6 Å². The number of fused-ring (bicyclic) bond motifs is 1. The van der Waals surface area contributed by atoms with Crippen LogP contribution in [0.1, 0.15) is 46.3 Å². The van der Waals surface area contributed by atoms with E-state index in [0.717, 1.165) is 17.2 Å². The van der Waals surface area contributed by atoms with Crippen molar-refractivity contribution in [3.63, 3.8) is 0 Å². The maximum atomic E-state index is 13.9. The highest BCUT2D eigenvalue weighted by Gasteiger charge is 2.24. The summed E-state index contributed by atoms with van der Waals surface area (Å²) in [6.07, 6.45) is 0.761. The average molecular weight is 359 g/mol. The first-order valence-corrected chi connectivity index (χ1v) is 8.43. The smallest absolute Gasteiger partial charge is 0.335 e. The lowest BCUT2D eigenvalue weighted by atomic mass is 9.94. The molecule has 26 heavy (non-hydrogen) atoms. The SMILES string of the molecule is CC(CC(=O)N1CCc2ccc(C(=O)O)cc2C1)c1ccc(F)cc1F. The van der Waals surface area contributed by atoms with Gasteiger partial charge in [-0.05, 0) is 47.2 Å². The fourth-order valence-corrected chi connectivity index (χ4v) is 3.31. The maximum absolute atomic E-state index is 13.9. The van der Waals surface area contributed by atoms with Gasteiger partial charge in [0.2, 0.25) is 5.91 Å². The lowest BCUT2D eigenvalue weighted by Crippen LogP contribution is -2.36. The Kier molecular flexibility index (Phi) is 5.02. The first-order valence-electron chi connectivity index (χ1n) is 8.43. The topological polar surface area (TPSA) is 57.6 Å². The van der Waals surface area contributed by atoms with Crippen LogP contribution in [0.4, 0.5) is 8.78 Å². The predicted molar refractivity (Wildman–Crippen MR) is 91.9 cm³/mol. The van der Waals surface area contributed by atoms with Crippen LogP contribution in [0.3, 0.4) is 0 Å². The second-order valence-electron chi connectivity index (χ2n) is 6.62. The number of amides is 1. The van der Waals surface area contributed by atoms with Gasteiger partial charge in [0.1, 0.15) is 11.6 Å². The third kappa shape index (κ3) is 3.74. The highest BCUT2D eigenvalue weighted by atomic mass is 19.1. The molecule has 1 aliphatic rings. The van der Waals surface area contributed by atoms with Crippen molar-refractivity contribution in [1.82, 2.24) is 4.90 Å². The maximum Gasteiger partial charge on any atom is 0.335 e. The van der Waals surface area contributed by atoms with Crippen molar-refractivity contribution in [2.24, 2.45) is 0 Å². The zero-order valence-corrected chi connectivity index (χ0v) is 14.3. The number of carbonyl (C=O) groups is 2. The van der Waals surface area contributed by atoms with Gasteiger partial charge in [-0.15, -0.1) is 0 Å². The number of hydrogen-bond acceptors (Lipinski definition) is 2. The number of aromatic carboxylic acids is 1. The van der Waals surface area contributed by atoms with Gasteiger partial charge in [0, 0.05) is 25.6 Å². The fourth-order valence-electron chi connectivity index (χ4n) is 3.31. The zero-order chi connectivity index (χ0) is 18.8. The monoisotopic (exact) mass is 359 g/mol. The molecule has 0 bridgehead atoms. The summed E-state index contributed by atoms with van der Waals surface area (Å²) in [5.74, 6) is -2.81. The van der Waals surface area contributed by atoms with Gasteiger partial charge < -0.3 is 10.0 Å². The number of carboxylic acid groups (broad SMARTS) is 1. The molecule has 1 N–H and O–H groups in total. The van der Waals surface area contributed by atoms with Gasteiger partial charge in [-0.3, -0.25) is 4.79 Å². The summed E-state index contributed by atoms with van der Waals surface area (Å²) in [5, 5.41) is 9.11. The molecule has 0 aliphatic carbocycles. The molecule has 3 rings (SSSR count). The van der Waals surface area contributed by atoms with E-state index in [4.69, 9.17) is 5.11 Å². The standard InChI is InChI=1S/C20H19F2NO3/c1-12(17-5-4-16(21)10-18(17)22)8-19(24)23-7-6-13-2-3-14(20(25)26)9-15(13)11-23/h2-5,9-10,12H,6-8,11H2,1H3,(H,25,26). The fraction of sp³-hybridized carbons (Fsp3) is 0.300. The van der Waals surface area contributed by atoms with E-state index in [0.29, 0.717) is 25.1 Å². The Morgan fingerprint density at radius 1 is 1.15 bits per heavy atom. The molecule has 2 aromatic carbocycles. The van der Waals surface area contributed by atoms with E-state index in [1.54, 1.807) is 30.0 Å². The number of benzene rings is 2. The number of hydrogen-bond donors (Lipinski definition) is 1. The van der Waals surface area contributed by atoms with E-state index < -0.39 is 17.6 Å². The summed E-state index contributed by atoms with van der Waals surface area (Å²) in [5.41, 5.74) is 2.37. The molecule has 0 spiro atoms. The third-order valence-corrected chi connectivity index (χ3v) is 4.79. The second kappa shape index (κ2) is 7.23. The molecular formula is C20H19F2NO3. The van der Waals surface area contributed by atoms with Crippen LogP contribution >= 0.6 is 0 Å². The van der Waals surface area contributed by atoms with E-state index in [2.05, 4.69) is 0 Å². The molecular weight excluding hydrogens is 340 g/mol. The first kappa shape index (κ1) is 18.0. The van der Waals surface area contributed by atoms with Gasteiger partial charge in [0.05, 0.1) is 5.56 Å². The lowest BCUT2D eigenvalue weighted by molar-refractivity contribution is -0.132. The third-order valence-electron chi connectivity index (χ3n) is 4.79. The lowest BCUT2D eigenvalue weighted by Gasteiger charge is -2.30. The number of nitrogens with zero attached hydrogens (tertiary/aromatic N) is 1. The predicted octanol–water partition coefficient (Wildman–Crippen LogP) is 3.74. The summed E-state index contributed by atoms with van der Waals surface area (Å²) in [4.78, 5) is 25.4. The molecule has 2 aromatic rings. The molecule has 0 saturated heterocycles. The molecule has 1 heterocycles. The van der Waals surface area contributed by atoms with E-state index >= 15 is 0 Å². The van der Waals surface area contributed by atoms with Gasteiger partial charge in [0.15, 0.2) is 0 Å². The molecule has 0 aromatic heterocycles. The molecule has 4 nitrogen and oxygen atoms in total. The molecule has 1 aliphatic heterocycles.